The van der Waals surface area contributed by atoms with Crippen LogP contribution in [-0.2, 0) is 9.59 Å². The Hall–Kier alpha value is -2.24. The number of aliphatic carboxylic acids is 1. The summed E-state index contributed by atoms with van der Waals surface area (Å²) in [4.78, 5) is 25.4. The van der Waals surface area contributed by atoms with Gasteiger partial charge in [0.1, 0.15) is 17.5 Å². The summed E-state index contributed by atoms with van der Waals surface area (Å²) in [5.41, 5.74) is 0.955. The van der Waals surface area contributed by atoms with Gasteiger partial charge in [-0.1, -0.05) is 0 Å². The Morgan fingerprint density at radius 1 is 1.26 bits per heavy atom. The topological polar surface area (TPSA) is 76.1 Å². The van der Waals surface area contributed by atoms with Crippen molar-refractivity contribution in [2.75, 3.05) is 20.8 Å². The second kappa shape index (κ2) is 6.10. The minimum absolute atomic E-state index is 0.0511. The average Bonchev–Trinajstić information content (AvgIpc) is 3.20. The van der Waals surface area contributed by atoms with Gasteiger partial charge in [-0.25, -0.2) is 4.79 Å². The maximum Gasteiger partial charge on any atom is 0.326 e. The number of hydrogen-bond acceptors (Lipinski definition) is 4. The van der Waals surface area contributed by atoms with Crippen molar-refractivity contribution in [1.29, 1.82) is 0 Å². The molecule has 1 saturated heterocycles. The summed E-state index contributed by atoms with van der Waals surface area (Å²) in [5.74, 6) is 0.418. The summed E-state index contributed by atoms with van der Waals surface area (Å²) in [6.45, 7) is 0.536. The van der Waals surface area contributed by atoms with E-state index in [1.54, 1.807) is 14.2 Å². The Morgan fingerprint density at radius 3 is 2.70 bits per heavy atom. The van der Waals surface area contributed by atoms with Crippen molar-refractivity contribution in [3.05, 3.63) is 23.8 Å². The van der Waals surface area contributed by atoms with E-state index in [4.69, 9.17) is 9.47 Å². The first-order chi connectivity index (χ1) is 11.1. The Morgan fingerprint density at radius 2 is 2.04 bits per heavy atom. The molecule has 1 amide bonds. The summed E-state index contributed by atoms with van der Waals surface area (Å²) >= 11 is 0. The smallest absolute Gasteiger partial charge is 0.326 e. The fourth-order valence-electron chi connectivity index (χ4n) is 3.44. The summed E-state index contributed by atoms with van der Waals surface area (Å²) < 4.78 is 10.6. The van der Waals surface area contributed by atoms with Crippen LogP contribution in [0.25, 0.3) is 0 Å². The first-order valence-corrected chi connectivity index (χ1v) is 7.82. The van der Waals surface area contributed by atoms with Gasteiger partial charge in [0, 0.05) is 23.9 Å². The molecule has 1 saturated carbocycles. The molecule has 3 rings (SSSR count). The summed E-state index contributed by atoms with van der Waals surface area (Å²) in [6.07, 6.45) is 2.02. The SMILES string of the molecule is COc1ccc(OC)c(C2CC2C(=O)N2CCC[C@H]2C(=O)O)c1. The van der Waals surface area contributed by atoms with E-state index in [1.165, 1.54) is 4.90 Å². The maximum atomic E-state index is 12.7. The van der Waals surface area contributed by atoms with E-state index in [1.807, 2.05) is 18.2 Å². The molecule has 1 aliphatic carbocycles. The van der Waals surface area contributed by atoms with Crippen LogP contribution in [0.3, 0.4) is 0 Å². The van der Waals surface area contributed by atoms with Gasteiger partial charge in [-0.3, -0.25) is 4.79 Å². The Labute approximate surface area is 135 Å². The number of carbonyl (C=O) groups is 2. The zero-order valence-electron chi connectivity index (χ0n) is 13.3. The summed E-state index contributed by atoms with van der Waals surface area (Å²) in [7, 11) is 3.20. The van der Waals surface area contributed by atoms with Crippen molar-refractivity contribution in [2.45, 2.75) is 31.2 Å². The molecular weight excluding hydrogens is 298 g/mol. The van der Waals surface area contributed by atoms with Crippen LogP contribution in [0.5, 0.6) is 11.5 Å². The van der Waals surface area contributed by atoms with Crippen molar-refractivity contribution in [3.8, 4) is 11.5 Å². The molecule has 1 aliphatic heterocycles. The van der Waals surface area contributed by atoms with Crippen molar-refractivity contribution in [1.82, 2.24) is 4.90 Å². The minimum atomic E-state index is -0.910. The monoisotopic (exact) mass is 319 g/mol. The highest BCUT2D eigenvalue weighted by Crippen LogP contribution is 2.52. The number of likely N-dealkylation sites (tertiary alicyclic amines) is 1. The van der Waals surface area contributed by atoms with Gasteiger partial charge in [0.25, 0.3) is 0 Å². The number of ether oxygens (including phenoxy) is 2. The van der Waals surface area contributed by atoms with Crippen LogP contribution < -0.4 is 9.47 Å². The average molecular weight is 319 g/mol. The number of carbonyl (C=O) groups excluding carboxylic acids is 1. The van der Waals surface area contributed by atoms with Gasteiger partial charge in [0.15, 0.2) is 0 Å². The van der Waals surface area contributed by atoms with E-state index in [2.05, 4.69) is 0 Å². The third-order valence-electron chi connectivity index (χ3n) is 4.76. The van der Waals surface area contributed by atoms with Gasteiger partial charge in [-0.05, 0) is 37.5 Å². The van der Waals surface area contributed by atoms with Gasteiger partial charge >= 0.3 is 5.97 Å². The molecule has 0 spiro atoms. The Balaban J connectivity index is 1.76. The highest BCUT2D eigenvalue weighted by molar-refractivity contribution is 5.88. The van der Waals surface area contributed by atoms with Gasteiger partial charge in [0.2, 0.25) is 5.91 Å². The number of carboxylic acids is 1. The highest BCUT2D eigenvalue weighted by Gasteiger charge is 2.49. The van der Waals surface area contributed by atoms with Gasteiger partial charge in [-0.2, -0.15) is 0 Å². The highest BCUT2D eigenvalue weighted by atomic mass is 16.5. The van der Waals surface area contributed by atoms with Gasteiger partial charge in [0.05, 0.1) is 14.2 Å². The van der Waals surface area contributed by atoms with E-state index in [9.17, 15) is 14.7 Å². The molecule has 1 N–H and O–H groups in total. The van der Waals surface area contributed by atoms with Crippen LogP contribution in [0.4, 0.5) is 0 Å². The molecule has 0 aromatic heterocycles. The number of benzene rings is 1. The van der Waals surface area contributed by atoms with Crippen molar-refractivity contribution >= 4 is 11.9 Å². The largest absolute Gasteiger partial charge is 0.497 e. The van der Waals surface area contributed by atoms with Crippen molar-refractivity contribution < 1.29 is 24.2 Å². The summed E-state index contributed by atoms with van der Waals surface area (Å²) in [5, 5.41) is 9.24. The molecule has 1 heterocycles. The fraction of sp³-hybridized carbons (Fsp3) is 0.529. The van der Waals surface area contributed by atoms with Crippen LogP contribution in [0.15, 0.2) is 18.2 Å². The Bertz CT molecular complexity index is 629. The summed E-state index contributed by atoms with van der Waals surface area (Å²) in [6, 6.07) is 4.89. The molecule has 2 unspecified atom stereocenters. The molecule has 23 heavy (non-hydrogen) atoms. The molecule has 124 valence electrons. The predicted molar refractivity (Wildman–Crippen MR) is 82.8 cm³/mol. The lowest BCUT2D eigenvalue weighted by Gasteiger charge is -2.21. The van der Waals surface area contributed by atoms with E-state index in [0.29, 0.717) is 13.0 Å². The number of carboxylic acid groups (broad SMARTS) is 1. The first kappa shape index (κ1) is 15.6. The predicted octanol–water partition coefficient (Wildman–Crippen LogP) is 1.88. The third kappa shape index (κ3) is 2.85. The lowest BCUT2D eigenvalue weighted by Crippen LogP contribution is -2.41. The van der Waals surface area contributed by atoms with Gasteiger partial charge in [-0.15, -0.1) is 0 Å². The quantitative estimate of drug-likeness (QED) is 0.897. The Kier molecular flexibility index (Phi) is 4.15. The van der Waals surface area contributed by atoms with Crippen LogP contribution >= 0.6 is 0 Å². The molecule has 2 aliphatic rings. The molecule has 1 aromatic rings. The van der Waals surface area contributed by atoms with Gasteiger partial charge < -0.3 is 19.5 Å². The van der Waals surface area contributed by atoms with Crippen molar-refractivity contribution in [3.63, 3.8) is 0 Å². The molecular formula is C17H21NO5. The van der Waals surface area contributed by atoms with Crippen LogP contribution in [0.2, 0.25) is 0 Å². The molecule has 6 heteroatoms. The molecule has 2 fully saturated rings. The number of hydrogen-bond donors (Lipinski definition) is 1. The zero-order valence-corrected chi connectivity index (χ0v) is 13.3. The molecule has 3 atom stereocenters. The number of amides is 1. The van der Waals surface area contributed by atoms with E-state index in [-0.39, 0.29) is 17.7 Å². The van der Waals surface area contributed by atoms with E-state index in [0.717, 1.165) is 29.9 Å². The zero-order chi connectivity index (χ0) is 16.6. The molecule has 0 bridgehead atoms. The number of rotatable bonds is 5. The van der Waals surface area contributed by atoms with Crippen LogP contribution in [0.1, 0.15) is 30.7 Å². The standard InChI is InChI=1S/C17H21NO5/c1-22-10-5-6-15(23-2)12(8-10)11-9-13(11)16(19)18-7-3-4-14(18)17(20)21/h5-6,8,11,13-14H,3-4,7,9H2,1-2H3,(H,20,21)/t11?,13?,14-/m0/s1. The van der Waals surface area contributed by atoms with Crippen molar-refractivity contribution in [2.24, 2.45) is 5.92 Å². The molecule has 1 aromatic carbocycles. The second-order valence-corrected chi connectivity index (χ2v) is 6.08. The second-order valence-electron chi connectivity index (χ2n) is 6.08. The fourth-order valence-corrected chi connectivity index (χ4v) is 3.44. The maximum absolute atomic E-state index is 12.7. The molecule has 0 radical (unpaired) electrons. The van der Waals surface area contributed by atoms with Crippen LogP contribution in [0, 0.1) is 5.92 Å². The van der Waals surface area contributed by atoms with E-state index >= 15 is 0 Å². The first-order valence-electron chi connectivity index (χ1n) is 7.82. The van der Waals surface area contributed by atoms with E-state index < -0.39 is 12.0 Å². The lowest BCUT2D eigenvalue weighted by molar-refractivity contribution is -0.148. The number of methoxy groups -OCH3 is 2. The lowest BCUT2D eigenvalue weighted by atomic mass is 10.1. The normalized spacial score (nSPS) is 26.0. The third-order valence-corrected chi connectivity index (χ3v) is 4.76. The number of nitrogens with zero attached hydrogens (tertiary/aromatic N) is 1. The molecule has 6 nitrogen and oxygen atoms in total. The van der Waals surface area contributed by atoms with Crippen LogP contribution in [-0.4, -0.2) is 48.7 Å². The minimum Gasteiger partial charge on any atom is -0.497 e.